The van der Waals surface area contributed by atoms with E-state index in [0.717, 1.165) is 17.0 Å². The van der Waals surface area contributed by atoms with Crippen LogP contribution < -0.4 is 30.0 Å². The molecule has 4 rings (SSSR count). The van der Waals surface area contributed by atoms with Gasteiger partial charge in [-0.1, -0.05) is 35.3 Å². The molecule has 1 aliphatic rings. The Balaban J connectivity index is 1.35. The molecule has 0 aromatic heterocycles. The second kappa shape index (κ2) is 12.1. The van der Waals surface area contributed by atoms with Gasteiger partial charge in [0.25, 0.3) is 0 Å². The molecule has 0 bridgehead atoms. The monoisotopic (exact) mass is 543 g/mol. The van der Waals surface area contributed by atoms with Crippen molar-refractivity contribution in [3.63, 3.8) is 0 Å². The van der Waals surface area contributed by atoms with Crippen LogP contribution in [0, 0.1) is 5.92 Å². The number of halogens is 2. The van der Waals surface area contributed by atoms with E-state index >= 15 is 0 Å². The first-order valence-electron chi connectivity index (χ1n) is 11.7. The number of hydrazine groups is 1. The predicted molar refractivity (Wildman–Crippen MR) is 144 cm³/mol. The summed E-state index contributed by atoms with van der Waals surface area (Å²) in [5, 5.41) is 0.950. The lowest BCUT2D eigenvalue weighted by Crippen LogP contribution is -2.36. The Bertz CT molecular complexity index is 1250. The number of carbonyl (C=O) groups excluding carboxylic acids is 2. The summed E-state index contributed by atoms with van der Waals surface area (Å²) in [6, 6.07) is 17.8. The number of carbonyl (C=O) groups is 2. The number of hydrogen-bond acceptors (Lipinski definition) is 6. The van der Waals surface area contributed by atoms with Crippen LogP contribution in [0.1, 0.15) is 18.9 Å². The zero-order chi connectivity index (χ0) is 26.4. The molecule has 0 unspecified atom stereocenters. The minimum absolute atomic E-state index is 0.113. The number of benzene rings is 3. The van der Waals surface area contributed by atoms with Crippen LogP contribution in [0.4, 0.5) is 11.4 Å². The molecule has 10 heteroatoms. The third kappa shape index (κ3) is 6.58. The molecule has 1 atom stereocenters. The second-order valence-corrected chi connectivity index (χ2v) is 9.19. The molecule has 3 aromatic carbocycles. The van der Waals surface area contributed by atoms with Gasteiger partial charge in [-0.25, -0.2) is 0 Å². The zero-order valence-corrected chi connectivity index (χ0v) is 21.9. The minimum Gasteiger partial charge on any atom is -0.494 e. The summed E-state index contributed by atoms with van der Waals surface area (Å²) in [6.07, 6.45) is 0.113. The van der Waals surface area contributed by atoms with Crippen molar-refractivity contribution in [2.24, 2.45) is 5.92 Å². The highest BCUT2D eigenvalue weighted by Crippen LogP contribution is 2.38. The average molecular weight is 544 g/mol. The highest BCUT2D eigenvalue weighted by atomic mass is 35.5. The van der Waals surface area contributed by atoms with Gasteiger partial charge in [0.15, 0.2) is 11.5 Å². The van der Waals surface area contributed by atoms with Crippen LogP contribution in [0.5, 0.6) is 17.2 Å². The van der Waals surface area contributed by atoms with E-state index in [1.165, 1.54) is 7.11 Å². The molecule has 2 amide bonds. The number of rotatable bonds is 10. The maximum Gasteiger partial charge on any atom is 0.243 e. The molecule has 8 nitrogen and oxygen atoms in total. The Hall–Kier alpha value is -3.62. The van der Waals surface area contributed by atoms with Gasteiger partial charge in [0.2, 0.25) is 11.8 Å². The van der Waals surface area contributed by atoms with Crippen molar-refractivity contribution in [2.75, 3.05) is 30.6 Å². The zero-order valence-electron chi connectivity index (χ0n) is 20.4. The predicted octanol–water partition coefficient (Wildman–Crippen LogP) is 5.48. The SMILES string of the molecule is CCOc1ccc(N2C[C@H](C(=O)NNc3cc(Cl)c(OCc4ccc(Cl)cc4)c(OC)c3)CC2=O)cc1. The van der Waals surface area contributed by atoms with E-state index in [4.69, 9.17) is 37.4 Å². The first kappa shape index (κ1) is 26.4. The fourth-order valence-corrected chi connectivity index (χ4v) is 4.32. The van der Waals surface area contributed by atoms with Gasteiger partial charge in [0.1, 0.15) is 12.4 Å². The van der Waals surface area contributed by atoms with E-state index in [1.807, 2.05) is 31.2 Å². The summed E-state index contributed by atoms with van der Waals surface area (Å²) >= 11 is 12.4. The Morgan fingerprint density at radius 2 is 1.78 bits per heavy atom. The highest BCUT2D eigenvalue weighted by Gasteiger charge is 2.35. The summed E-state index contributed by atoms with van der Waals surface area (Å²) in [5.41, 5.74) is 7.66. The maximum atomic E-state index is 12.8. The van der Waals surface area contributed by atoms with E-state index in [9.17, 15) is 9.59 Å². The van der Waals surface area contributed by atoms with Crippen LogP contribution in [0.15, 0.2) is 60.7 Å². The lowest BCUT2D eigenvalue weighted by atomic mass is 10.1. The Morgan fingerprint density at radius 3 is 2.46 bits per heavy atom. The molecule has 0 spiro atoms. The fraction of sp³-hybridized carbons (Fsp3) is 0.259. The molecule has 0 radical (unpaired) electrons. The van der Waals surface area contributed by atoms with Gasteiger partial charge in [-0.3, -0.25) is 20.4 Å². The van der Waals surface area contributed by atoms with E-state index in [2.05, 4.69) is 10.9 Å². The maximum absolute atomic E-state index is 12.8. The van der Waals surface area contributed by atoms with Gasteiger partial charge in [-0.05, 0) is 55.0 Å². The Morgan fingerprint density at radius 1 is 1.05 bits per heavy atom. The number of hydrogen-bond donors (Lipinski definition) is 2. The van der Waals surface area contributed by atoms with Gasteiger partial charge < -0.3 is 19.1 Å². The molecule has 2 N–H and O–H groups in total. The van der Waals surface area contributed by atoms with Gasteiger partial charge in [0.05, 0.1) is 30.3 Å². The van der Waals surface area contributed by atoms with Crippen molar-refractivity contribution >= 4 is 46.4 Å². The molecule has 1 aliphatic heterocycles. The molecule has 0 aliphatic carbocycles. The van der Waals surface area contributed by atoms with Crippen LogP contribution in [-0.4, -0.2) is 32.1 Å². The Kier molecular flexibility index (Phi) is 8.63. The molecule has 37 heavy (non-hydrogen) atoms. The smallest absolute Gasteiger partial charge is 0.243 e. The number of ether oxygens (including phenoxy) is 3. The van der Waals surface area contributed by atoms with Crippen molar-refractivity contribution in [3.05, 3.63) is 76.3 Å². The number of methoxy groups -OCH3 is 1. The number of nitrogens with one attached hydrogen (secondary N) is 2. The highest BCUT2D eigenvalue weighted by molar-refractivity contribution is 6.32. The third-order valence-electron chi connectivity index (χ3n) is 5.81. The molecular formula is C27H27Cl2N3O5. The molecule has 194 valence electrons. The third-order valence-corrected chi connectivity index (χ3v) is 6.34. The Labute approximate surface area is 225 Å². The molecule has 1 fully saturated rings. The van der Waals surface area contributed by atoms with Crippen molar-refractivity contribution < 1.29 is 23.8 Å². The summed E-state index contributed by atoms with van der Waals surface area (Å²) in [7, 11) is 1.50. The van der Waals surface area contributed by atoms with Crippen molar-refractivity contribution in [2.45, 2.75) is 20.0 Å². The first-order chi connectivity index (χ1) is 17.9. The van der Waals surface area contributed by atoms with Gasteiger partial charge in [-0.15, -0.1) is 0 Å². The van der Waals surface area contributed by atoms with E-state index in [0.29, 0.717) is 33.8 Å². The van der Waals surface area contributed by atoms with Gasteiger partial charge >= 0.3 is 0 Å². The summed E-state index contributed by atoms with van der Waals surface area (Å²) in [5.74, 6) is 0.577. The first-order valence-corrected chi connectivity index (χ1v) is 12.5. The van der Waals surface area contributed by atoms with Crippen LogP contribution in [-0.2, 0) is 16.2 Å². The topological polar surface area (TPSA) is 89.1 Å². The van der Waals surface area contributed by atoms with Crippen LogP contribution in [0.3, 0.4) is 0 Å². The molecular weight excluding hydrogens is 517 g/mol. The van der Waals surface area contributed by atoms with E-state index < -0.39 is 5.92 Å². The largest absolute Gasteiger partial charge is 0.494 e. The molecule has 0 saturated carbocycles. The van der Waals surface area contributed by atoms with Crippen molar-refractivity contribution in [1.82, 2.24) is 5.43 Å². The van der Waals surface area contributed by atoms with Crippen LogP contribution in [0.2, 0.25) is 10.0 Å². The molecule has 3 aromatic rings. The molecule has 1 saturated heterocycles. The summed E-state index contributed by atoms with van der Waals surface area (Å²) < 4.78 is 16.8. The van der Waals surface area contributed by atoms with Crippen molar-refractivity contribution in [3.8, 4) is 17.2 Å². The van der Waals surface area contributed by atoms with Gasteiger partial charge in [0, 0.05) is 29.7 Å². The second-order valence-electron chi connectivity index (χ2n) is 8.35. The fourth-order valence-electron chi connectivity index (χ4n) is 3.93. The number of amides is 2. The lowest BCUT2D eigenvalue weighted by molar-refractivity contribution is -0.125. The quantitative estimate of drug-likeness (QED) is 0.329. The minimum atomic E-state index is -0.508. The van der Waals surface area contributed by atoms with E-state index in [1.54, 1.807) is 41.3 Å². The average Bonchev–Trinajstić information content (AvgIpc) is 3.29. The van der Waals surface area contributed by atoms with Crippen molar-refractivity contribution in [1.29, 1.82) is 0 Å². The lowest BCUT2D eigenvalue weighted by Gasteiger charge is -2.18. The summed E-state index contributed by atoms with van der Waals surface area (Å²) in [4.78, 5) is 27.0. The molecule has 1 heterocycles. The normalized spacial score (nSPS) is 14.9. The van der Waals surface area contributed by atoms with Crippen LogP contribution >= 0.6 is 23.2 Å². The number of nitrogens with zero attached hydrogens (tertiary/aromatic N) is 1. The standard InChI is InChI=1S/C27H27Cl2N3O5/c1-3-36-22-10-8-21(9-11-22)32-15-18(12-25(32)33)27(34)31-30-20-13-23(29)26(24(14-20)35-2)37-16-17-4-6-19(28)7-5-17/h4-11,13-14,18,30H,3,12,15-16H2,1-2H3,(H,31,34)/t18-/m1/s1. The number of anilines is 2. The van der Waals surface area contributed by atoms with Gasteiger partial charge in [-0.2, -0.15) is 0 Å². The summed E-state index contributed by atoms with van der Waals surface area (Å²) in [6.45, 7) is 3.02. The van der Waals surface area contributed by atoms with E-state index in [-0.39, 0.29) is 31.4 Å². The van der Waals surface area contributed by atoms with Crippen LogP contribution in [0.25, 0.3) is 0 Å².